The molecule has 1 N–H and O–H groups in total. The van der Waals surface area contributed by atoms with E-state index >= 15 is 0 Å². The first-order chi connectivity index (χ1) is 9.81. The van der Waals surface area contributed by atoms with E-state index < -0.39 is 26.6 Å². The number of nitrogens with one attached hydrogen (secondary N) is 1. The lowest BCUT2D eigenvalue weighted by atomic mass is 9.94. The van der Waals surface area contributed by atoms with E-state index in [1.807, 2.05) is 0 Å². The Kier molecular flexibility index (Phi) is 5.34. The van der Waals surface area contributed by atoms with Crippen molar-refractivity contribution in [3.05, 3.63) is 28.2 Å². The Morgan fingerprint density at radius 2 is 1.95 bits per heavy atom. The SMILES string of the molecule is CC(NS(=O)(=O)c1c(F)cc(F)cc1Br)C1CCOCC1. The van der Waals surface area contributed by atoms with Crippen molar-refractivity contribution in [2.45, 2.75) is 30.7 Å². The van der Waals surface area contributed by atoms with Crippen LogP contribution >= 0.6 is 15.9 Å². The van der Waals surface area contributed by atoms with Gasteiger partial charge in [0.25, 0.3) is 0 Å². The van der Waals surface area contributed by atoms with Crippen molar-refractivity contribution < 1.29 is 21.9 Å². The summed E-state index contributed by atoms with van der Waals surface area (Å²) in [6.45, 7) is 2.92. The van der Waals surface area contributed by atoms with Crippen LogP contribution in [-0.2, 0) is 14.8 Å². The number of hydrogen-bond donors (Lipinski definition) is 1. The highest BCUT2D eigenvalue weighted by Crippen LogP contribution is 2.27. The van der Waals surface area contributed by atoms with Crippen molar-refractivity contribution in [2.24, 2.45) is 5.92 Å². The van der Waals surface area contributed by atoms with Gasteiger partial charge in [-0.25, -0.2) is 21.9 Å². The van der Waals surface area contributed by atoms with Gasteiger partial charge in [-0.15, -0.1) is 0 Å². The predicted octanol–water partition coefficient (Wildman–Crippen LogP) is 2.82. The number of ether oxygens (including phenoxy) is 1. The number of sulfonamides is 1. The van der Waals surface area contributed by atoms with Crippen LogP contribution in [0.3, 0.4) is 0 Å². The molecular formula is C13H16BrF2NO3S. The molecule has 1 aliphatic rings. The molecule has 1 saturated heterocycles. The van der Waals surface area contributed by atoms with E-state index in [4.69, 9.17) is 4.74 Å². The van der Waals surface area contributed by atoms with Crippen molar-refractivity contribution in [1.29, 1.82) is 0 Å². The van der Waals surface area contributed by atoms with E-state index in [1.54, 1.807) is 6.92 Å². The van der Waals surface area contributed by atoms with Crippen LogP contribution in [0.25, 0.3) is 0 Å². The van der Waals surface area contributed by atoms with Crippen LogP contribution in [0.4, 0.5) is 8.78 Å². The Hall–Kier alpha value is -0.570. The van der Waals surface area contributed by atoms with E-state index in [1.165, 1.54) is 0 Å². The third-order valence-electron chi connectivity index (χ3n) is 3.55. The van der Waals surface area contributed by atoms with E-state index in [2.05, 4.69) is 20.7 Å². The third-order valence-corrected chi connectivity index (χ3v) is 6.07. The Morgan fingerprint density at radius 3 is 2.52 bits per heavy atom. The van der Waals surface area contributed by atoms with Crippen LogP contribution in [-0.4, -0.2) is 27.7 Å². The molecule has 1 aliphatic heterocycles. The second-order valence-corrected chi connectivity index (χ2v) is 7.56. The Bertz CT molecular complexity index is 595. The topological polar surface area (TPSA) is 55.4 Å². The summed E-state index contributed by atoms with van der Waals surface area (Å²) in [5.41, 5.74) is 0. The normalized spacial score (nSPS) is 18.7. The maximum absolute atomic E-state index is 13.8. The molecular weight excluding hydrogens is 368 g/mol. The summed E-state index contributed by atoms with van der Waals surface area (Å²) >= 11 is 2.90. The first-order valence-corrected chi connectivity index (χ1v) is 8.83. The van der Waals surface area contributed by atoms with Gasteiger partial charge in [-0.1, -0.05) is 0 Å². The van der Waals surface area contributed by atoms with Crippen LogP contribution in [0.1, 0.15) is 19.8 Å². The molecule has 118 valence electrons. The van der Waals surface area contributed by atoms with Gasteiger partial charge >= 0.3 is 0 Å². The number of halogens is 3. The molecule has 0 aromatic heterocycles. The van der Waals surface area contributed by atoms with Gasteiger partial charge in [-0.05, 0) is 47.7 Å². The summed E-state index contributed by atoms with van der Waals surface area (Å²) in [5, 5.41) is 0. The molecule has 4 nitrogen and oxygen atoms in total. The molecule has 0 bridgehead atoms. The summed E-state index contributed by atoms with van der Waals surface area (Å²) in [6, 6.07) is 1.13. The molecule has 1 atom stereocenters. The highest BCUT2D eigenvalue weighted by Gasteiger charge is 2.29. The summed E-state index contributed by atoms with van der Waals surface area (Å²) < 4.78 is 59.0. The van der Waals surface area contributed by atoms with Crippen molar-refractivity contribution in [2.75, 3.05) is 13.2 Å². The first kappa shape index (κ1) is 16.8. The highest BCUT2D eigenvalue weighted by molar-refractivity contribution is 9.10. The zero-order valence-corrected chi connectivity index (χ0v) is 13.8. The lowest BCUT2D eigenvalue weighted by Crippen LogP contribution is -2.40. The quantitative estimate of drug-likeness (QED) is 0.869. The summed E-state index contributed by atoms with van der Waals surface area (Å²) in [4.78, 5) is -0.567. The summed E-state index contributed by atoms with van der Waals surface area (Å²) in [5.74, 6) is -1.82. The third kappa shape index (κ3) is 4.00. The van der Waals surface area contributed by atoms with Crippen molar-refractivity contribution in [3.63, 3.8) is 0 Å². The molecule has 0 saturated carbocycles. The fourth-order valence-corrected chi connectivity index (χ4v) is 4.88. The maximum Gasteiger partial charge on any atom is 0.244 e. The van der Waals surface area contributed by atoms with Gasteiger partial charge in [0.05, 0.1) is 0 Å². The highest BCUT2D eigenvalue weighted by atomic mass is 79.9. The molecule has 1 unspecified atom stereocenters. The summed E-state index contributed by atoms with van der Waals surface area (Å²) in [6.07, 6.45) is 1.49. The fourth-order valence-electron chi connectivity index (χ4n) is 2.40. The lowest BCUT2D eigenvalue weighted by molar-refractivity contribution is 0.0585. The predicted molar refractivity (Wildman–Crippen MR) is 77.4 cm³/mol. The molecule has 0 radical (unpaired) electrons. The van der Waals surface area contributed by atoms with Crippen LogP contribution < -0.4 is 4.72 Å². The fraction of sp³-hybridized carbons (Fsp3) is 0.538. The minimum absolute atomic E-state index is 0.133. The van der Waals surface area contributed by atoms with E-state index in [0.29, 0.717) is 19.3 Å². The number of rotatable bonds is 4. The van der Waals surface area contributed by atoms with Crippen molar-refractivity contribution >= 4 is 26.0 Å². The molecule has 0 amide bonds. The van der Waals surface area contributed by atoms with Gasteiger partial charge in [0, 0.05) is 29.8 Å². The van der Waals surface area contributed by atoms with Crippen LogP contribution in [0.15, 0.2) is 21.5 Å². The molecule has 1 fully saturated rings. The van der Waals surface area contributed by atoms with E-state index in [0.717, 1.165) is 18.9 Å². The largest absolute Gasteiger partial charge is 0.381 e. The number of benzene rings is 1. The van der Waals surface area contributed by atoms with Crippen LogP contribution in [0.2, 0.25) is 0 Å². The lowest BCUT2D eigenvalue weighted by Gasteiger charge is -2.28. The van der Waals surface area contributed by atoms with Gasteiger partial charge in [-0.3, -0.25) is 0 Å². The minimum Gasteiger partial charge on any atom is -0.381 e. The van der Waals surface area contributed by atoms with Gasteiger partial charge in [0.15, 0.2) is 0 Å². The molecule has 1 aromatic rings. The van der Waals surface area contributed by atoms with E-state index in [-0.39, 0.29) is 16.4 Å². The molecule has 8 heteroatoms. The Morgan fingerprint density at radius 1 is 1.33 bits per heavy atom. The molecule has 21 heavy (non-hydrogen) atoms. The van der Waals surface area contributed by atoms with Gasteiger partial charge in [0.2, 0.25) is 10.0 Å². The second kappa shape index (κ2) is 6.68. The van der Waals surface area contributed by atoms with Crippen LogP contribution in [0.5, 0.6) is 0 Å². The van der Waals surface area contributed by atoms with Crippen molar-refractivity contribution in [3.8, 4) is 0 Å². The molecule has 0 aliphatic carbocycles. The summed E-state index contributed by atoms with van der Waals surface area (Å²) in [7, 11) is -4.07. The molecule has 1 heterocycles. The average molecular weight is 384 g/mol. The second-order valence-electron chi connectivity index (χ2n) is 5.06. The monoisotopic (exact) mass is 383 g/mol. The van der Waals surface area contributed by atoms with Gasteiger partial charge in [0.1, 0.15) is 16.5 Å². The minimum atomic E-state index is -4.07. The maximum atomic E-state index is 13.8. The zero-order valence-electron chi connectivity index (χ0n) is 11.4. The van der Waals surface area contributed by atoms with Crippen molar-refractivity contribution in [1.82, 2.24) is 4.72 Å². The van der Waals surface area contributed by atoms with Gasteiger partial charge in [-0.2, -0.15) is 0 Å². The molecule has 1 aromatic carbocycles. The van der Waals surface area contributed by atoms with E-state index in [9.17, 15) is 17.2 Å². The van der Waals surface area contributed by atoms with Crippen LogP contribution in [0, 0.1) is 17.6 Å². The Labute approximate surface area is 131 Å². The smallest absolute Gasteiger partial charge is 0.244 e. The standard InChI is InChI=1S/C13H16BrF2NO3S/c1-8(9-2-4-20-5-3-9)17-21(18,19)13-11(14)6-10(15)7-12(13)16/h6-9,17H,2-5H2,1H3. The molecule has 2 rings (SSSR count). The Balaban J connectivity index is 2.22. The molecule has 0 spiro atoms. The zero-order chi connectivity index (χ0) is 15.6. The first-order valence-electron chi connectivity index (χ1n) is 6.56. The van der Waals surface area contributed by atoms with Gasteiger partial charge < -0.3 is 4.74 Å². The number of hydrogen-bond acceptors (Lipinski definition) is 3. The average Bonchev–Trinajstić information content (AvgIpc) is 2.37.